The number of halogens is 1. The smallest absolute Gasteiger partial charge is 0.260 e. The maximum atomic E-state index is 14.3. The van der Waals surface area contributed by atoms with Crippen molar-refractivity contribution in [2.24, 2.45) is 0 Å². The molecule has 0 bridgehead atoms. The predicted octanol–water partition coefficient (Wildman–Crippen LogP) is 2.53. The second-order valence-electron chi connectivity index (χ2n) is 8.51. The summed E-state index contributed by atoms with van der Waals surface area (Å²) in [5.74, 6) is -0.168. The first-order valence-electron chi connectivity index (χ1n) is 10.4. The van der Waals surface area contributed by atoms with Gasteiger partial charge in [-0.3, -0.25) is 14.6 Å². The highest BCUT2D eigenvalue weighted by molar-refractivity contribution is 6.08. The number of pyridine rings is 1. The van der Waals surface area contributed by atoms with Gasteiger partial charge in [0.2, 0.25) is 0 Å². The zero-order valence-corrected chi connectivity index (χ0v) is 17.9. The van der Waals surface area contributed by atoms with Gasteiger partial charge in [0.15, 0.2) is 5.67 Å². The summed E-state index contributed by atoms with van der Waals surface area (Å²) in [5.41, 5.74) is 7.59. The van der Waals surface area contributed by atoms with Crippen LogP contribution in [-0.2, 0) is 16.1 Å². The number of aromatic nitrogens is 5. The van der Waals surface area contributed by atoms with E-state index in [1.807, 2.05) is 30.5 Å². The second-order valence-corrected chi connectivity index (χ2v) is 8.51. The van der Waals surface area contributed by atoms with Crippen LogP contribution in [0.2, 0.25) is 0 Å². The lowest BCUT2D eigenvalue weighted by molar-refractivity contribution is -0.151. The number of ether oxygens (including phenoxy) is 1. The minimum atomic E-state index is -1.94. The van der Waals surface area contributed by atoms with Crippen LogP contribution in [0, 0.1) is 0 Å². The number of nitrogens with one attached hydrogen (secondary N) is 1. The molecule has 0 radical (unpaired) electrons. The molecule has 32 heavy (non-hydrogen) atoms. The number of nitrogens with two attached hydrogens (primary N) is 1. The highest BCUT2D eigenvalue weighted by atomic mass is 19.1. The molecule has 3 aromatic heterocycles. The van der Waals surface area contributed by atoms with Gasteiger partial charge in [-0.05, 0) is 32.0 Å². The number of carbonyl (C=O) groups excluding carboxylic acids is 1. The molecule has 10 heteroatoms. The van der Waals surface area contributed by atoms with Crippen LogP contribution in [0.5, 0.6) is 0 Å². The zero-order chi connectivity index (χ0) is 22.5. The number of anilines is 1. The Kier molecular flexibility index (Phi) is 4.81. The van der Waals surface area contributed by atoms with Crippen molar-refractivity contribution in [3.8, 4) is 11.3 Å². The standard InChI is InChI=1S/C22H24FN7O2/c1-22(2,23)21(31)30-7-8-32-12-14(30)10-29-11-16-19(28-29)15-4-3-13(17-5-6-25-27-17)9-18(15)26-20(16)24/h3-6,9,11,14H,7-8,10,12H2,1-2H3,(H2,24,26)(H,25,27). The molecule has 166 valence electrons. The van der Waals surface area contributed by atoms with Gasteiger partial charge in [-0.1, -0.05) is 6.07 Å². The SMILES string of the molecule is CC(C)(F)C(=O)N1CCOCC1Cn1cc2c(N)nc3cc(-c4ccn[nH]4)ccc3c2n1. The summed E-state index contributed by atoms with van der Waals surface area (Å²) in [6, 6.07) is 7.44. The Balaban J connectivity index is 1.50. The lowest BCUT2D eigenvalue weighted by atomic mass is 10.1. The van der Waals surface area contributed by atoms with E-state index < -0.39 is 11.6 Å². The molecule has 5 rings (SSSR count). The van der Waals surface area contributed by atoms with Gasteiger partial charge >= 0.3 is 0 Å². The number of hydrogen-bond acceptors (Lipinski definition) is 6. The fourth-order valence-corrected chi connectivity index (χ4v) is 4.13. The van der Waals surface area contributed by atoms with Crippen molar-refractivity contribution in [2.75, 3.05) is 25.5 Å². The van der Waals surface area contributed by atoms with E-state index in [2.05, 4.69) is 15.2 Å². The molecular formula is C22H24FN7O2. The van der Waals surface area contributed by atoms with Crippen molar-refractivity contribution in [3.05, 3.63) is 36.7 Å². The normalized spacial score (nSPS) is 17.3. The summed E-state index contributed by atoms with van der Waals surface area (Å²) in [5, 5.41) is 13.3. The highest BCUT2D eigenvalue weighted by Crippen LogP contribution is 2.30. The number of H-pyrrole nitrogens is 1. The van der Waals surface area contributed by atoms with Gasteiger partial charge in [0, 0.05) is 29.9 Å². The Labute approximate surface area is 183 Å². The van der Waals surface area contributed by atoms with Crippen LogP contribution in [0.4, 0.5) is 10.2 Å². The number of morpholine rings is 1. The summed E-state index contributed by atoms with van der Waals surface area (Å²) in [6.07, 6.45) is 3.51. The first-order chi connectivity index (χ1) is 15.3. The molecule has 4 aromatic rings. The Bertz CT molecular complexity index is 1290. The second kappa shape index (κ2) is 7.56. The number of carbonyl (C=O) groups is 1. The predicted molar refractivity (Wildman–Crippen MR) is 119 cm³/mol. The number of alkyl halides is 1. The molecule has 1 aromatic carbocycles. The Morgan fingerprint density at radius 1 is 1.34 bits per heavy atom. The number of nitrogen functional groups attached to an aromatic ring is 1. The van der Waals surface area contributed by atoms with Crippen molar-refractivity contribution in [2.45, 2.75) is 32.1 Å². The number of benzene rings is 1. The Morgan fingerprint density at radius 3 is 2.94 bits per heavy atom. The van der Waals surface area contributed by atoms with E-state index in [0.29, 0.717) is 32.1 Å². The van der Waals surface area contributed by atoms with Crippen molar-refractivity contribution in [1.82, 2.24) is 29.9 Å². The fourth-order valence-electron chi connectivity index (χ4n) is 4.13. The van der Waals surface area contributed by atoms with Gasteiger partial charge in [-0.25, -0.2) is 9.37 Å². The highest BCUT2D eigenvalue weighted by Gasteiger charge is 2.37. The maximum Gasteiger partial charge on any atom is 0.260 e. The van der Waals surface area contributed by atoms with Crippen LogP contribution >= 0.6 is 0 Å². The van der Waals surface area contributed by atoms with Crippen molar-refractivity contribution < 1.29 is 13.9 Å². The van der Waals surface area contributed by atoms with Crippen molar-refractivity contribution >= 4 is 33.5 Å². The van der Waals surface area contributed by atoms with Crippen LogP contribution in [0.25, 0.3) is 33.1 Å². The average Bonchev–Trinajstić information content (AvgIpc) is 3.43. The molecule has 1 fully saturated rings. The van der Waals surface area contributed by atoms with Crippen molar-refractivity contribution in [3.63, 3.8) is 0 Å². The van der Waals surface area contributed by atoms with E-state index >= 15 is 0 Å². The largest absolute Gasteiger partial charge is 0.383 e. The van der Waals surface area contributed by atoms with E-state index in [1.165, 1.54) is 13.8 Å². The van der Waals surface area contributed by atoms with E-state index in [4.69, 9.17) is 15.6 Å². The topological polar surface area (TPSA) is 115 Å². The minimum absolute atomic E-state index is 0.319. The van der Waals surface area contributed by atoms with Gasteiger partial charge in [-0.2, -0.15) is 10.2 Å². The van der Waals surface area contributed by atoms with E-state index in [-0.39, 0.29) is 6.04 Å². The number of hydrogen-bond donors (Lipinski definition) is 2. The van der Waals surface area contributed by atoms with Crippen LogP contribution in [0.3, 0.4) is 0 Å². The quantitative estimate of drug-likeness (QED) is 0.507. The van der Waals surface area contributed by atoms with Gasteiger partial charge in [0.1, 0.15) is 11.3 Å². The van der Waals surface area contributed by atoms with Crippen LogP contribution < -0.4 is 5.73 Å². The summed E-state index contributed by atoms with van der Waals surface area (Å²) < 4.78 is 21.6. The first kappa shape index (κ1) is 20.4. The molecule has 0 spiro atoms. The average molecular weight is 437 g/mol. The lowest BCUT2D eigenvalue weighted by Gasteiger charge is -2.37. The van der Waals surface area contributed by atoms with Gasteiger partial charge < -0.3 is 15.4 Å². The molecule has 1 saturated heterocycles. The molecular weight excluding hydrogens is 413 g/mol. The Morgan fingerprint density at radius 2 is 2.19 bits per heavy atom. The summed E-state index contributed by atoms with van der Waals surface area (Å²) >= 11 is 0. The number of fused-ring (bicyclic) bond motifs is 3. The third-order valence-corrected chi connectivity index (χ3v) is 5.74. The van der Waals surface area contributed by atoms with Crippen molar-refractivity contribution in [1.29, 1.82) is 0 Å². The maximum absolute atomic E-state index is 14.3. The van der Waals surface area contributed by atoms with Gasteiger partial charge in [-0.15, -0.1) is 0 Å². The third-order valence-electron chi connectivity index (χ3n) is 5.74. The van der Waals surface area contributed by atoms with E-state index in [9.17, 15) is 9.18 Å². The summed E-state index contributed by atoms with van der Waals surface area (Å²) in [4.78, 5) is 18.7. The minimum Gasteiger partial charge on any atom is -0.383 e. The third kappa shape index (κ3) is 3.56. The number of nitrogens with zero attached hydrogens (tertiary/aromatic N) is 5. The van der Waals surface area contributed by atoms with Crippen LogP contribution in [-0.4, -0.2) is 67.2 Å². The van der Waals surface area contributed by atoms with Gasteiger partial charge in [0.25, 0.3) is 5.91 Å². The molecule has 1 amide bonds. The van der Waals surface area contributed by atoms with Crippen LogP contribution in [0.15, 0.2) is 36.7 Å². The van der Waals surface area contributed by atoms with E-state index in [1.54, 1.807) is 15.8 Å². The molecule has 0 aliphatic carbocycles. The number of amides is 1. The summed E-state index contributed by atoms with van der Waals surface area (Å²) in [7, 11) is 0. The fraction of sp³-hybridized carbons (Fsp3) is 0.364. The molecule has 1 unspecified atom stereocenters. The number of aromatic amines is 1. The lowest BCUT2D eigenvalue weighted by Crippen LogP contribution is -2.55. The molecule has 1 aliphatic rings. The molecule has 3 N–H and O–H groups in total. The summed E-state index contributed by atoms with van der Waals surface area (Å²) in [6.45, 7) is 3.98. The first-order valence-corrected chi connectivity index (χ1v) is 10.4. The number of rotatable bonds is 4. The molecule has 1 atom stereocenters. The molecule has 0 saturated carbocycles. The Hall–Kier alpha value is -3.53. The van der Waals surface area contributed by atoms with Gasteiger partial charge in [0.05, 0.1) is 42.4 Å². The molecule has 9 nitrogen and oxygen atoms in total. The molecule has 4 heterocycles. The monoisotopic (exact) mass is 437 g/mol. The van der Waals surface area contributed by atoms with Crippen LogP contribution in [0.1, 0.15) is 13.8 Å². The molecule has 1 aliphatic heterocycles. The van der Waals surface area contributed by atoms with E-state index in [0.717, 1.165) is 33.1 Å². The zero-order valence-electron chi connectivity index (χ0n) is 17.9.